The van der Waals surface area contributed by atoms with Gasteiger partial charge in [-0.3, -0.25) is 9.69 Å². The Hall–Kier alpha value is -3.20. The van der Waals surface area contributed by atoms with Gasteiger partial charge in [-0.05, 0) is 54.3 Å². The predicted molar refractivity (Wildman–Crippen MR) is 137 cm³/mol. The lowest BCUT2D eigenvalue weighted by Gasteiger charge is -2.23. The maximum absolute atomic E-state index is 14.1. The van der Waals surface area contributed by atoms with Gasteiger partial charge in [0.1, 0.15) is 11.6 Å². The van der Waals surface area contributed by atoms with Crippen molar-refractivity contribution in [3.05, 3.63) is 94.0 Å². The molecule has 0 aromatic heterocycles. The summed E-state index contributed by atoms with van der Waals surface area (Å²) in [5.74, 6) is 0.220. The number of likely N-dealkylation sites (tertiary alicyclic amines) is 1. The molecule has 0 aliphatic carbocycles. The lowest BCUT2D eigenvalue weighted by atomic mass is 10.1. The van der Waals surface area contributed by atoms with Crippen molar-refractivity contribution in [2.45, 2.75) is 38.0 Å². The fourth-order valence-corrected chi connectivity index (χ4v) is 4.91. The summed E-state index contributed by atoms with van der Waals surface area (Å²) in [5, 5.41) is 7.07. The molecule has 0 unspecified atom stereocenters. The van der Waals surface area contributed by atoms with E-state index in [0.29, 0.717) is 43.1 Å². The van der Waals surface area contributed by atoms with Crippen molar-refractivity contribution in [2.24, 2.45) is 0 Å². The van der Waals surface area contributed by atoms with Gasteiger partial charge in [0.2, 0.25) is 12.7 Å². The summed E-state index contributed by atoms with van der Waals surface area (Å²) in [7, 11) is 0. The normalized spacial score (nSPS) is 18.8. The third-order valence-electron chi connectivity index (χ3n) is 6.75. The Morgan fingerprint density at radius 2 is 1.78 bits per heavy atom. The Balaban J connectivity index is 1.21. The molecule has 0 saturated carbocycles. The highest BCUT2D eigenvalue weighted by atomic mass is 35.5. The van der Waals surface area contributed by atoms with E-state index < -0.39 is 11.6 Å². The van der Waals surface area contributed by atoms with E-state index in [4.69, 9.17) is 21.1 Å². The van der Waals surface area contributed by atoms with Crippen LogP contribution in [0.15, 0.2) is 60.7 Å². The zero-order valence-electron chi connectivity index (χ0n) is 20.2. The maximum Gasteiger partial charge on any atom is 0.237 e. The summed E-state index contributed by atoms with van der Waals surface area (Å²) in [5.41, 5.74) is 2.49. The molecule has 2 aliphatic heterocycles. The molecule has 1 amide bonds. The molecule has 9 heteroatoms. The minimum atomic E-state index is -0.603. The number of fused-ring (bicyclic) bond motifs is 1. The predicted octanol–water partition coefficient (Wildman–Crippen LogP) is 4.44. The number of benzene rings is 3. The fraction of sp³-hybridized carbons (Fsp3) is 0.321. The fourth-order valence-electron chi connectivity index (χ4n) is 4.79. The van der Waals surface area contributed by atoms with E-state index in [-0.39, 0.29) is 31.3 Å². The number of nitrogens with zero attached hydrogens (tertiary/aromatic N) is 1. The smallest absolute Gasteiger partial charge is 0.237 e. The highest BCUT2D eigenvalue weighted by molar-refractivity contribution is 6.30. The lowest BCUT2D eigenvalue weighted by Crippen LogP contribution is -2.43. The maximum atomic E-state index is 14.1. The van der Waals surface area contributed by atoms with E-state index in [1.807, 2.05) is 42.5 Å². The van der Waals surface area contributed by atoms with Crippen molar-refractivity contribution in [3.63, 3.8) is 0 Å². The van der Waals surface area contributed by atoms with Gasteiger partial charge in [-0.25, -0.2) is 8.78 Å². The molecule has 3 aromatic rings. The molecule has 2 atom stereocenters. The van der Waals surface area contributed by atoms with Gasteiger partial charge in [0.25, 0.3) is 0 Å². The van der Waals surface area contributed by atoms with Gasteiger partial charge >= 0.3 is 0 Å². The van der Waals surface area contributed by atoms with Gasteiger partial charge in [0.05, 0.1) is 6.04 Å². The van der Waals surface area contributed by atoms with E-state index in [2.05, 4.69) is 15.5 Å². The van der Waals surface area contributed by atoms with Crippen LogP contribution < -0.4 is 20.1 Å². The number of carbonyl (C=O) groups excluding carboxylic acids is 1. The summed E-state index contributed by atoms with van der Waals surface area (Å²) >= 11 is 6.03. The highest BCUT2D eigenvalue weighted by Crippen LogP contribution is 2.32. The molecule has 5 rings (SSSR count). The standard InChI is InChI=1S/C28H28ClF2N3O3/c29-21-5-1-19(2-6-21)15-34-16-23(33-14-20-4-7-22(30)12-24(20)31)13-25(34)28(35)32-10-9-18-3-8-26-27(11-18)37-17-36-26/h1-8,11-12,23,25,33H,9-10,13-17H2,(H,32,35)/t23-,25-/m0/s1. The Morgan fingerprint density at radius 3 is 2.59 bits per heavy atom. The van der Waals surface area contributed by atoms with E-state index in [1.54, 1.807) is 0 Å². The van der Waals surface area contributed by atoms with Gasteiger partial charge in [-0.2, -0.15) is 0 Å². The van der Waals surface area contributed by atoms with E-state index in [1.165, 1.54) is 12.1 Å². The average Bonchev–Trinajstić information content (AvgIpc) is 3.51. The highest BCUT2D eigenvalue weighted by Gasteiger charge is 2.36. The Labute approximate surface area is 219 Å². The summed E-state index contributed by atoms with van der Waals surface area (Å²) in [6, 6.07) is 16.6. The quantitative estimate of drug-likeness (QED) is 0.431. The zero-order valence-corrected chi connectivity index (χ0v) is 20.9. The molecule has 0 spiro atoms. The van der Waals surface area contributed by atoms with Crippen LogP contribution in [-0.4, -0.2) is 42.8 Å². The molecule has 2 N–H and O–H groups in total. The number of halogens is 3. The van der Waals surface area contributed by atoms with Crippen molar-refractivity contribution in [1.82, 2.24) is 15.5 Å². The van der Waals surface area contributed by atoms with Crippen molar-refractivity contribution in [2.75, 3.05) is 19.9 Å². The van der Waals surface area contributed by atoms with Crippen LogP contribution in [0.1, 0.15) is 23.1 Å². The second kappa shape index (κ2) is 11.5. The van der Waals surface area contributed by atoms with Crippen LogP contribution in [0.25, 0.3) is 0 Å². The molecule has 6 nitrogen and oxygen atoms in total. The molecule has 0 bridgehead atoms. The zero-order chi connectivity index (χ0) is 25.8. The SMILES string of the molecule is O=C(NCCc1ccc2c(c1)OCO2)[C@@H]1C[C@H](NCc2ccc(F)cc2F)CN1Cc1ccc(Cl)cc1. The summed E-state index contributed by atoms with van der Waals surface area (Å²) < 4.78 is 38.1. The largest absolute Gasteiger partial charge is 0.454 e. The minimum Gasteiger partial charge on any atom is -0.454 e. The van der Waals surface area contributed by atoms with Crippen LogP contribution >= 0.6 is 11.6 Å². The summed E-state index contributed by atoms with van der Waals surface area (Å²) in [6.45, 7) is 2.17. The molecule has 3 aromatic carbocycles. The molecule has 2 aliphatic rings. The van der Waals surface area contributed by atoms with Gasteiger partial charge in [0, 0.05) is 48.9 Å². The second-order valence-electron chi connectivity index (χ2n) is 9.35. The first-order chi connectivity index (χ1) is 17.9. The molecular formula is C28H28ClF2N3O3. The van der Waals surface area contributed by atoms with Crippen molar-refractivity contribution >= 4 is 17.5 Å². The van der Waals surface area contributed by atoms with Gasteiger partial charge in [0.15, 0.2) is 11.5 Å². The van der Waals surface area contributed by atoms with Crippen LogP contribution in [0, 0.1) is 11.6 Å². The van der Waals surface area contributed by atoms with E-state index in [0.717, 1.165) is 28.7 Å². The molecule has 0 radical (unpaired) electrons. The van der Waals surface area contributed by atoms with Crippen LogP contribution in [0.3, 0.4) is 0 Å². The van der Waals surface area contributed by atoms with Crippen molar-refractivity contribution in [1.29, 1.82) is 0 Å². The second-order valence-corrected chi connectivity index (χ2v) is 9.79. The van der Waals surface area contributed by atoms with Crippen LogP contribution in [-0.2, 0) is 24.3 Å². The summed E-state index contributed by atoms with van der Waals surface area (Å²) in [6.07, 6.45) is 1.24. The van der Waals surface area contributed by atoms with Crippen LogP contribution in [0.2, 0.25) is 5.02 Å². The molecule has 194 valence electrons. The number of hydrogen-bond donors (Lipinski definition) is 2. The molecule has 37 heavy (non-hydrogen) atoms. The third-order valence-corrected chi connectivity index (χ3v) is 7.00. The first-order valence-electron chi connectivity index (χ1n) is 12.3. The minimum absolute atomic E-state index is 0.0265. The number of ether oxygens (including phenoxy) is 2. The Morgan fingerprint density at radius 1 is 1.00 bits per heavy atom. The number of rotatable bonds is 9. The lowest BCUT2D eigenvalue weighted by molar-refractivity contribution is -0.125. The van der Waals surface area contributed by atoms with Gasteiger partial charge in [-0.1, -0.05) is 35.9 Å². The number of amides is 1. The van der Waals surface area contributed by atoms with Gasteiger partial charge < -0.3 is 20.1 Å². The first kappa shape index (κ1) is 25.4. The van der Waals surface area contributed by atoms with Crippen LogP contribution in [0.4, 0.5) is 8.78 Å². The average molecular weight is 528 g/mol. The van der Waals surface area contributed by atoms with E-state index >= 15 is 0 Å². The Bertz CT molecular complexity index is 1260. The van der Waals surface area contributed by atoms with Crippen molar-refractivity contribution in [3.8, 4) is 11.5 Å². The monoisotopic (exact) mass is 527 g/mol. The first-order valence-corrected chi connectivity index (χ1v) is 12.6. The molecule has 2 heterocycles. The molecule has 1 fully saturated rings. The number of nitrogens with one attached hydrogen (secondary N) is 2. The molecular weight excluding hydrogens is 500 g/mol. The molecule has 1 saturated heterocycles. The van der Waals surface area contributed by atoms with Crippen molar-refractivity contribution < 1.29 is 23.0 Å². The summed E-state index contributed by atoms with van der Waals surface area (Å²) in [4.78, 5) is 15.4. The van der Waals surface area contributed by atoms with Gasteiger partial charge in [-0.15, -0.1) is 0 Å². The topological polar surface area (TPSA) is 62.8 Å². The third kappa shape index (κ3) is 6.39. The van der Waals surface area contributed by atoms with E-state index in [9.17, 15) is 13.6 Å². The number of hydrogen-bond acceptors (Lipinski definition) is 5. The Kier molecular flexibility index (Phi) is 7.88. The van der Waals surface area contributed by atoms with Crippen LogP contribution in [0.5, 0.6) is 11.5 Å². The number of carbonyl (C=O) groups is 1.